The molecule has 82 valence electrons. The number of hydrogen-bond acceptors (Lipinski definition) is 2. The lowest BCUT2D eigenvalue weighted by molar-refractivity contribution is 0.0911. The quantitative estimate of drug-likeness (QED) is 0.885. The minimum Gasteiger partial charge on any atom is -0.346 e. The van der Waals surface area contributed by atoms with Gasteiger partial charge in [-0.05, 0) is 47.1 Å². The third kappa shape index (κ3) is 2.42. The van der Waals surface area contributed by atoms with Gasteiger partial charge in [-0.1, -0.05) is 12.8 Å². The average Bonchev–Trinajstić information content (AvgIpc) is 2.74. The molecule has 1 aromatic rings. The zero-order valence-corrected chi connectivity index (χ0v) is 11.1. The van der Waals surface area contributed by atoms with Crippen LogP contribution in [0.3, 0.4) is 0 Å². The minimum atomic E-state index is 0.0144. The smallest absolute Gasteiger partial charge is 0.262 e. The molecule has 0 spiro atoms. The molecular weight excluding hydrogens is 274 g/mol. The zero-order valence-electron chi connectivity index (χ0n) is 8.68. The number of thiophene rings is 1. The number of rotatable bonds is 2. The molecule has 1 aromatic heterocycles. The lowest BCUT2D eigenvalue weighted by Crippen LogP contribution is -2.43. The highest BCUT2D eigenvalue weighted by atomic mass is 79.9. The van der Waals surface area contributed by atoms with Crippen LogP contribution < -0.4 is 5.32 Å². The lowest BCUT2D eigenvalue weighted by Gasteiger charge is -2.24. The molecule has 2 nitrogen and oxygen atoms in total. The molecule has 0 aliphatic heterocycles. The fraction of sp³-hybridized carbons (Fsp3) is 0.545. The number of amides is 1. The van der Waals surface area contributed by atoms with E-state index in [9.17, 15) is 4.79 Å². The Morgan fingerprint density at radius 3 is 2.73 bits per heavy atom. The van der Waals surface area contributed by atoms with E-state index < -0.39 is 0 Å². The van der Waals surface area contributed by atoms with Gasteiger partial charge in [0.15, 0.2) is 0 Å². The van der Waals surface area contributed by atoms with Gasteiger partial charge in [-0.2, -0.15) is 0 Å². The third-order valence-corrected chi connectivity index (χ3v) is 4.78. The highest BCUT2D eigenvalue weighted by Crippen LogP contribution is 2.30. The van der Waals surface area contributed by atoms with Crippen LogP contribution >= 0.6 is 27.3 Å². The average molecular weight is 288 g/mol. The van der Waals surface area contributed by atoms with E-state index in [1.165, 1.54) is 24.2 Å². The van der Waals surface area contributed by atoms with Gasteiger partial charge in [0, 0.05) is 10.0 Å². The molecule has 0 atom stereocenters. The monoisotopic (exact) mass is 287 g/mol. The summed E-state index contributed by atoms with van der Waals surface area (Å²) in [6, 6.07) is 1.91. The van der Waals surface area contributed by atoms with Gasteiger partial charge < -0.3 is 5.32 Å². The van der Waals surface area contributed by atoms with Crippen LogP contribution in [0.1, 0.15) is 42.3 Å². The van der Waals surface area contributed by atoms with Gasteiger partial charge in [0.2, 0.25) is 0 Å². The first-order chi connectivity index (χ1) is 7.11. The zero-order chi connectivity index (χ0) is 10.9. The van der Waals surface area contributed by atoms with Crippen molar-refractivity contribution in [1.82, 2.24) is 5.32 Å². The van der Waals surface area contributed by atoms with Crippen LogP contribution in [-0.2, 0) is 0 Å². The van der Waals surface area contributed by atoms with Crippen molar-refractivity contribution in [2.45, 2.75) is 38.1 Å². The SMILES string of the molecule is CC1(NC(=O)c2sccc2Br)CCCC1. The Bertz CT molecular complexity index is 368. The molecule has 15 heavy (non-hydrogen) atoms. The van der Waals surface area contributed by atoms with Crippen LogP contribution in [0, 0.1) is 0 Å². The van der Waals surface area contributed by atoms with E-state index in [4.69, 9.17) is 0 Å². The summed E-state index contributed by atoms with van der Waals surface area (Å²) in [4.78, 5) is 12.7. The van der Waals surface area contributed by atoms with Crippen molar-refractivity contribution in [3.63, 3.8) is 0 Å². The Morgan fingerprint density at radius 1 is 1.53 bits per heavy atom. The van der Waals surface area contributed by atoms with E-state index in [0.717, 1.165) is 22.2 Å². The molecular formula is C11H14BrNOS. The minimum absolute atomic E-state index is 0.0144. The molecule has 1 heterocycles. The van der Waals surface area contributed by atoms with Crippen LogP contribution in [0.15, 0.2) is 15.9 Å². The largest absolute Gasteiger partial charge is 0.346 e. The van der Waals surface area contributed by atoms with Crippen LogP contribution in [0.4, 0.5) is 0 Å². The molecule has 1 saturated carbocycles. The lowest BCUT2D eigenvalue weighted by atomic mass is 10.0. The van der Waals surface area contributed by atoms with E-state index in [1.807, 2.05) is 11.4 Å². The number of halogens is 1. The molecule has 1 N–H and O–H groups in total. The predicted molar refractivity (Wildman–Crippen MR) is 66.4 cm³/mol. The Balaban J connectivity index is 2.07. The molecule has 0 saturated heterocycles. The van der Waals surface area contributed by atoms with Crippen LogP contribution in [0.2, 0.25) is 0 Å². The summed E-state index contributed by atoms with van der Waals surface area (Å²) >= 11 is 4.86. The van der Waals surface area contributed by atoms with E-state index in [-0.39, 0.29) is 11.4 Å². The van der Waals surface area contributed by atoms with Gasteiger partial charge in [-0.3, -0.25) is 4.79 Å². The summed E-state index contributed by atoms with van der Waals surface area (Å²) in [7, 11) is 0. The fourth-order valence-corrected chi connectivity index (χ4v) is 3.51. The maximum atomic E-state index is 12.0. The van der Waals surface area contributed by atoms with Gasteiger partial charge in [-0.15, -0.1) is 11.3 Å². The topological polar surface area (TPSA) is 29.1 Å². The molecule has 1 fully saturated rings. The van der Waals surface area contributed by atoms with Gasteiger partial charge in [0.05, 0.1) is 0 Å². The summed E-state index contributed by atoms with van der Waals surface area (Å²) in [5.41, 5.74) is 0.0144. The highest BCUT2D eigenvalue weighted by molar-refractivity contribution is 9.10. The predicted octanol–water partition coefficient (Wildman–Crippen LogP) is 3.57. The van der Waals surface area contributed by atoms with Gasteiger partial charge in [0.1, 0.15) is 4.88 Å². The van der Waals surface area contributed by atoms with Crippen molar-refractivity contribution in [2.75, 3.05) is 0 Å². The second-order valence-corrected chi connectivity index (χ2v) is 6.09. The summed E-state index contributed by atoms with van der Waals surface area (Å²) < 4.78 is 0.895. The van der Waals surface area contributed by atoms with Crippen molar-refractivity contribution in [2.24, 2.45) is 0 Å². The normalized spacial score (nSPS) is 19.1. The Hall–Kier alpha value is -0.350. The Labute approximate surface area is 102 Å². The number of carbonyl (C=O) groups is 1. The maximum absolute atomic E-state index is 12.0. The maximum Gasteiger partial charge on any atom is 0.262 e. The number of hydrogen-bond donors (Lipinski definition) is 1. The van der Waals surface area contributed by atoms with Crippen molar-refractivity contribution < 1.29 is 4.79 Å². The molecule has 1 aliphatic rings. The summed E-state index contributed by atoms with van der Waals surface area (Å²) in [5, 5.41) is 5.07. The molecule has 4 heteroatoms. The summed E-state index contributed by atoms with van der Waals surface area (Å²) in [6.07, 6.45) is 4.65. The third-order valence-electron chi connectivity index (χ3n) is 2.95. The van der Waals surface area contributed by atoms with Crippen molar-refractivity contribution >= 4 is 33.2 Å². The number of nitrogens with one attached hydrogen (secondary N) is 1. The Morgan fingerprint density at radius 2 is 2.20 bits per heavy atom. The summed E-state index contributed by atoms with van der Waals surface area (Å²) in [6.45, 7) is 2.14. The van der Waals surface area contributed by atoms with Crippen LogP contribution in [0.5, 0.6) is 0 Å². The molecule has 0 aromatic carbocycles. The fourth-order valence-electron chi connectivity index (χ4n) is 2.07. The molecule has 0 unspecified atom stereocenters. The second-order valence-electron chi connectivity index (χ2n) is 4.32. The van der Waals surface area contributed by atoms with Gasteiger partial charge in [0.25, 0.3) is 5.91 Å². The van der Waals surface area contributed by atoms with Gasteiger partial charge >= 0.3 is 0 Å². The van der Waals surface area contributed by atoms with Gasteiger partial charge in [-0.25, -0.2) is 0 Å². The summed E-state index contributed by atoms with van der Waals surface area (Å²) in [5.74, 6) is 0.0567. The first kappa shape index (κ1) is 11.1. The molecule has 0 bridgehead atoms. The molecule has 1 amide bonds. The standard InChI is InChI=1S/C11H14BrNOS/c1-11(5-2-3-6-11)13-10(14)9-8(12)4-7-15-9/h4,7H,2-3,5-6H2,1H3,(H,13,14). The van der Waals surface area contributed by atoms with Crippen molar-refractivity contribution in [3.05, 3.63) is 20.8 Å². The van der Waals surface area contributed by atoms with Crippen LogP contribution in [-0.4, -0.2) is 11.4 Å². The molecule has 1 aliphatic carbocycles. The highest BCUT2D eigenvalue weighted by Gasteiger charge is 2.31. The molecule has 0 radical (unpaired) electrons. The van der Waals surface area contributed by atoms with Crippen molar-refractivity contribution in [3.8, 4) is 0 Å². The first-order valence-electron chi connectivity index (χ1n) is 5.16. The first-order valence-corrected chi connectivity index (χ1v) is 6.83. The molecule has 2 rings (SSSR count). The van der Waals surface area contributed by atoms with E-state index >= 15 is 0 Å². The number of carbonyl (C=O) groups excluding carboxylic acids is 1. The van der Waals surface area contributed by atoms with E-state index in [0.29, 0.717) is 0 Å². The van der Waals surface area contributed by atoms with Crippen LogP contribution in [0.25, 0.3) is 0 Å². The Kier molecular flexibility index (Phi) is 3.16. The van der Waals surface area contributed by atoms with E-state index in [2.05, 4.69) is 28.2 Å². The van der Waals surface area contributed by atoms with E-state index in [1.54, 1.807) is 0 Å². The van der Waals surface area contributed by atoms with Crippen molar-refractivity contribution in [1.29, 1.82) is 0 Å². The second kappa shape index (κ2) is 4.26.